The number of aryl methyl sites for hydroxylation is 1. The quantitative estimate of drug-likeness (QED) is 0.138. The molecular formula is C29H26N2O8S. The van der Waals surface area contributed by atoms with Crippen molar-refractivity contribution in [2.45, 2.75) is 19.9 Å². The Hall–Kier alpha value is -4.64. The van der Waals surface area contributed by atoms with E-state index in [9.17, 15) is 19.5 Å². The van der Waals surface area contributed by atoms with Gasteiger partial charge in [0.2, 0.25) is 0 Å². The second-order valence-electron chi connectivity index (χ2n) is 8.83. The molecule has 1 aromatic heterocycles. The molecule has 5 rings (SSSR count). The zero-order chi connectivity index (χ0) is 28.4. The first-order chi connectivity index (χ1) is 19.3. The molecule has 2 aliphatic heterocycles. The van der Waals surface area contributed by atoms with Gasteiger partial charge in [0.1, 0.15) is 36.2 Å². The standard InChI is InChI=1S/C29H26N2O8S/c1-4-11-37-19-8-6-7-17(14-19)23-22(24(32)18-9-10-20-21(15-18)39-13-12-38-20)25(33)27(34)31(23)29-30-16(3)26(40-29)28(35)36-5-2/h4,6-10,14-15,23,32H,1,5,11-13H2,2-3H3/t23-/m0/s1. The number of amides is 1. The third-order valence-corrected chi connectivity index (χ3v) is 7.39. The molecule has 11 heteroatoms. The van der Waals surface area contributed by atoms with Crippen molar-refractivity contribution < 1.29 is 38.4 Å². The molecule has 1 saturated heterocycles. The fourth-order valence-corrected chi connectivity index (χ4v) is 5.48. The summed E-state index contributed by atoms with van der Waals surface area (Å²) < 4.78 is 22.0. The maximum absolute atomic E-state index is 13.5. The molecule has 3 aromatic rings. The molecule has 1 amide bonds. The maximum Gasteiger partial charge on any atom is 0.350 e. The van der Waals surface area contributed by atoms with E-state index in [0.29, 0.717) is 41.7 Å². The summed E-state index contributed by atoms with van der Waals surface area (Å²) in [4.78, 5) is 45.4. The van der Waals surface area contributed by atoms with Crippen molar-refractivity contribution in [3.8, 4) is 17.2 Å². The van der Waals surface area contributed by atoms with Gasteiger partial charge in [0.25, 0.3) is 5.78 Å². The number of ketones is 1. The molecule has 1 fully saturated rings. The monoisotopic (exact) mass is 562 g/mol. The molecular weight excluding hydrogens is 536 g/mol. The highest BCUT2D eigenvalue weighted by molar-refractivity contribution is 7.17. The number of benzene rings is 2. The van der Waals surface area contributed by atoms with Gasteiger partial charge in [-0.05, 0) is 49.7 Å². The Kier molecular flexibility index (Phi) is 7.56. The molecule has 206 valence electrons. The Morgan fingerprint density at radius 2 is 1.98 bits per heavy atom. The van der Waals surface area contributed by atoms with E-state index in [4.69, 9.17) is 18.9 Å². The van der Waals surface area contributed by atoms with Crippen LogP contribution < -0.4 is 19.1 Å². The van der Waals surface area contributed by atoms with Crippen LogP contribution >= 0.6 is 11.3 Å². The number of hydrogen-bond donors (Lipinski definition) is 1. The lowest BCUT2D eigenvalue weighted by atomic mass is 9.95. The van der Waals surface area contributed by atoms with Gasteiger partial charge >= 0.3 is 11.9 Å². The van der Waals surface area contributed by atoms with Crippen LogP contribution in [0.4, 0.5) is 5.13 Å². The van der Waals surface area contributed by atoms with Crippen molar-refractivity contribution in [2.75, 3.05) is 31.3 Å². The van der Waals surface area contributed by atoms with Crippen LogP contribution in [0, 0.1) is 6.92 Å². The first-order valence-corrected chi connectivity index (χ1v) is 13.3. The molecule has 2 aliphatic rings. The topological polar surface area (TPSA) is 124 Å². The van der Waals surface area contributed by atoms with Crippen LogP contribution in [0.3, 0.4) is 0 Å². The molecule has 1 N–H and O–H groups in total. The van der Waals surface area contributed by atoms with Gasteiger partial charge < -0.3 is 24.1 Å². The molecule has 3 heterocycles. The third kappa shape index (κ3) is 4.91. The molecule has 0 bridgehead atoms. The van der Waals surface area contributed by atoms with E-state index in [1.807, 2.05) is 0 Å². The van der Waals surface area contributed by atoms with Gasteiger partial charge in [-0.25, -0.2) is 9.78 Å². The Morgan fingerprint density at radius 3 is 2.73 bits per heavy atom. The lowest BCUT2D eigenvalue weighted by Gasteiger charge is -2.23. The third-order valence-electron chi connectivity index (χ3n) is 6.25. The number of aliphatic hydroxyl groups excluding tert-OH is 1. The SMILES string of the molecule is C=CCOc1cccc([C@H]2C(=C(O)c3ccc4c(c3)OCCO4)C(=O)C(=O)N2c2nc(C)c(C(=O)OCC)s2)c1. The van der Waals surface area contributed by atoms with Crippen LogP contribution in [0.25, 0.3) is 5.76 Å². The summed E-state index contributed by atoms with van der Waals surface area (Å²) in [6.07, 6.45) is 1.59. The number of carbonyl (C=O) groups is 3. The summed E-state index contributed by atoms with van der Waals surface area (Å²) >= 11 is 0.937. The number of rotatable bonds is 8. The van der Waals surface area contributed by atoms with Crippen LogP contribution in [0.2, 0.25) is 0 Å². The number of aliphatic hydroxyl groups is 1. The van der Waals surface area contributed by atoms with Crippen LogP contribution in [0.1, 0.15) is 39.5 Å². The van der Waals surface area contributed by atoms with Crippen molar-refractivity contribution >= 4 is 39.9 Å². The van der Waals surface area contributed by atoms with Gasteiger partial charge in [-0.15, -0.1) is 0 Å². The van der Waals surface area contributed by atoms with Crippen LogP contribution in [-0.2, 0) is 14.3 Å². The minimum absolute atomic E-state index is 0.117. The van der Waals surface area contributed by atoms with E-state index in [1.165, 1.54) is 4.90 Å². The van der Waals surface area contributed by atoms with Gasteiger partial charge in [-0.2, -0.15) is 0 Å². The van der Waals surface area contributed by atoms with E-state index >= 15 is 0 Å². The second-order valence-corrected chi connectivity index (χ2v) is 9.81. The minimum Gasteiger partial charge on any atom is -0.507 e. The summed E-state index contributed by atoms with van der Waals surface area (Å²) in [6, 6.07) is 10.6. The summed E-state index contributed by atoms with van der Waals surface area (Å²) in [7, 11) is 0. The highest BCUT2D eigenvalue weighted by atomic mass is 32.1. The molecule has 0 aliphatic carbocycles. The minimum atomic E-state index is -1.07. The molecule has 0 radical (unpaired) electrons. The number of esters is 1. The van der Waals surface area contributed by atoms with Gasteiger partial charge in [-0.1, -0.05) is 36.1 Å². The summed E-state index contributed by atoms with van der Waals surface area (Å²) in [5.74, 6) is -1.37. The van der Waals surface area contributed by atoms with Crippen LogP contribution in [-0.4, -0.2) is 54.2 Å². The Bertz CT molecular complexity index is 1540. The fraction of sp³-hybridized carbons (Fsp3) is 0.241. The number of ether oxygens (including phenoxy) is 4. The maximum atomic E-state index is 13.5. The van der Waals surface area contributed by atoms with E-state index in [-0.39, 0.29) is 40.1 Å². The van der Waals surface area contributed by atoms with Gasteiger partial charge in [-0.3, -0.25) is 14.5 Å². The van der Waals surface area contributed by atoms with Crippen molar-refractivity contribution in [1.82, 2.24) is 4.98 Å². The number of carbonyl (C=O) groups excluding carboxylic acids is 3. The fourth-order valence-electron chi connectivity index (χ4n) is 4.49. The van der Waals surface area contributed by atoms with Crippen molar-refractivity contribution in [3.63, 3.8) is 0 Å². The average molecular weight is 563 g/mol. The van der Waals surface area contributed by atoms with E-state index in [1.54, 1.807) is 62.4 Å². The van der Waals surface area contributed by atoms with Gasteiger partial charge in [0.05, 0.1) is 23.9 Å². The smallest absolute Gasteiger partial charge is 0.350 e. The second kappa shape index (κ2) is 11.2. The summed E-state index contributed by atoms with van der Waals surface area (Å²) in [6.45, 7) is 8.12. The number of anilines is 1. The van der Waals surface area contributed by atoms with Gasteiger partial charge in [0, 0.05) is 5.56 Å². The highest BCUT2D eigenvalue weighted by Gasteiger charge is 2.48. The molecule has 2 aromatic carbocycles. The zero-order valence-electron chi connectivity index (χ0n) is 21.8. The van der Waals surface area contributed by atoms with Crippen LogP contribution in [0.5, 0.6) is 17.2 Å². The first-order valence-electron chi connectivity index (χ1n) is 12.5. The lowest BCUT2D eigenvalue weighted by molar-refractivity contribution is -0.132. The lowest BCUT2D eigenvalue weighted by Crippen LogP contribution is -2.29. The molecule has 0 saturated carbocycles. The Labute approximate surface area is 234 Å². The summed E-state index contributed by atoms with van der Waals surface area (Å²) in [5, 5.41) is 11.6. The van der Waals surface area contributed by atoms with Gasteiger partial charge in [0.15, 0.2) is 16.6 Å². The number of hydrogen-bond acceptors (Lipinski definition) is 10. The number of nitrogens with zero attached hydrogens (tertiary/aromatic N) is 2. The van der Waals surface area contributed by atoms with E-state index in [2.05, 4.69) is 11.6 Å². The highest BCUT2D eigenvalue weighted by Crippen LogP contribution is 2.45. The first kappa shape index (κ1) is 26.9. The number of fused-ring (bicyclic) bond motifs is 1. The van der Waals surface area contributed by atoms with Crippen molar-refractivity contribution in [2.24, 2.45) is 0 Å². The molecule has 0 spiro atoms. The molecule has 40 heavy (non-hydrogen) atoms. The normalized spacial score (nSPS) is 17.6. The number of aromatic nitrogens is 1. The largest absolute Gasteiger partial charge is 0.507 e. The van der Waals surface area contributed by atoms with Crippen molar-refractivity contribution in [3.05, 3.63) is 82.4 Å². The van der Waals surface area contributed by atoms with E-state index < -0.39 is 23.7 Å². The summed E-state index contributed by atoms with van der Waals surface area (Å²) in [5.41, 5.74) is 0.973. The van der Waals surface area contributed by atoms with Crippen LogP contribution in [0.15, 0.2) is 60.7 Å². The van der Waals surface area contributed by atoms with E-state index in [0.717, 1.165) is 11.3 Å². The predicted molar refractivity (Wildman–Crippen MR) is 147 cm³/mol. The molecule has 1 atom stereocenters. The molecule has 0 unspecified atom stereocenters. The predicted octanol–water partition coefficient (Wildman–Crippen LogP) is 4.59. The Balaban J connectivity index is 1.67. The van der Waals surface area contributed by atoms with Crippen molar-refractivity contribution in [1.29, 1.82) is 0 Å². The number of Topliss-reactive ketones (excluding diaryl/α,β-unsaturated/α-hetero) is 1. The zero-order valence-corrected chi connectivity index (χ0v) is 22.7. The number of thiazole rings is 1. The Morgan fingerprint density at radius 1 is 1.20 bits per heavy atom. The average Bonchev–Trinajstić information content (AvgIpc) is 3.47. The molecule has 10 nitrogen and oxygen atoms in total.